The monoisotopic (exact) mass is 125 g/mol. The van der Waals surface area contributed by atoms with Gasteiger partial charge in [-0.3, -0.25) is 0 Å². The topological polar surface area (TPSA) is 12.0 Å². The molecule has 1 aliphatic rings. The quantitative estimate of drug-likeness (QED) is 0.554. The van der Waals surface area contributed by atoms with Crippen molar-refractivity contribution in [3.8, 4) is 0 Å². The second kappa shape index (κ2) is 2.53. The maximum atomic E-state index is 3.73. The van der Waals surface area contributed by atoms with Crippen molar-refractivity contribution in [2.75, 3.05) is 6.54 Å². The lowest BCUT2D eigenvalue weighted by atomic mass is 9.96. The van der Waals surface area contributed by atoms with E-state index in [0.29, 0.717) is 5.54 Å². The van der Waals surface area contributed by atoms with Gasteiger partial charge in [0.15, 0.2) is 0 Å². The van der Waals surface area contributed by atoms with Gasteiger partial charge in [0, 0.05) is 5.54 Å². The molecule has 0 aromatic carbocycles. The molecule has 0 aliphatic carbocycles. The van der Waals surface area contributed by atoms with Crippen molar-refractivity contribution in [3.05, 3.63) is 12.7 Å². The molecular formula is C8H15N. The lowest BCUT2D eigenvalue weighted by Crippen LogP contribution is -2.35. The number of hydrogen-bond donors (Lipinski definition) is 1. The fraction of sp³-hybridized carbons (Fsp3) is 0.750. The molecule has 1 saturated heterocycles. The highest BCUT2D eigenvalue weighted by Gasteiger charge is 2.25. The Morgan fingerprint density at radius 1 is 1.78 bits per heavy atom. The van der Waals surface area contributed by atoms with Crippen molar-refractivity contribution >= 4 is 0 Å². The van der Waals surface area contributed by atoms with Crippen molar-refractivity contribution in [1.82, 2.24) is 5.32 Å². The van der Waals surface area contributed by atoms with Crippen LogP contribution in [0.25, 0.3) is 0 Å². The van der Waals surface area contributed by atoms with Gasteiger partial charge in [0.25, 0.3) is 0 Å². The van der Waals surface area contributed by atoms with Crippen LogP contribution in [-0.2, 0) is 0 Å². The lowest BCUT2D eigenvalue weighted by Gasteiger charge is -2.21. The van der Waals surface area contributed by atoms with Crippen molar-refractivity contribution in [2.24, 2.45) is 0 Å². The average Bonchev–Trinajstić information content (AvgIpc) is 2.16. The summed E-state index contributed by atoms with van der Waals surface area (Å²) in [6.07, 6.45) is 5.73. The molecule has 52 valence electrons. The van der Waals surface area contributed by atoms with E-state index in [9.17, 15) is 0 Å². The van der Waals surface area contributed by atoms with Crippen LogP contribution in [0.5, 0.6) is 0 Å². The van der Waals surface area contributed by atoms with Crippen LogP contribution in [0.3, 0.4) is 0 Å². The molecule has 0 saturated carbocycles. The molecule has 1 rings (SSSR count). The molecule has 1 heteroatoms. The van der Waals surface area contributed by atoms with E-state index in [1.54, 1.807) is 0 Å². The van der Waals surface area contributed by atoms with Gasteiger partial charge in [-0.15, -0.1) is 6.58 Å². The predicted octanol–water partition coefficient (Wildman–Crippen LogP) is 1.70. The summed E-state index contributed by atoms with van der Waals surface area (Å²) in [6.45, 7) is 7.18. The lowest BCUT2D eigenvalue weighted by molar-refractivity contribution is 0.421. The first-order valence-electron chi connectivity index (χ1n) is 3.63. The SMILES string of the molecule is C=CC[C@@]1(C)CCCN1. The predicted molar refractivity (Wildman–Crippen MR) is 40.5 cm³/mol. The molecule has 0 spiro atoms. The van der Waals surface area contributed by atoms with E-state index in [4.69, 9.17) is 0 Å². The zero-order chi connectivity index (χ0) is 6.74. The van der Waals surface area contributed by atoms with Gasteiger partial charge in [0.1, 0.15) is 0 Å². The number of hydrogen-bond acceptors (Lipinski definition) is 1. The molecule has 1 atom stereocenters. The molecule has 1 N–H and O–H groups in total. The highest BCUT2D eigenvalue weighted by molar-refractivity contribution is 4.93. The summed E-state index contributed by atoms with van der Waals surface area (Å²) in [5.74, 6) is 0. The van der Waals surface area contributed by atoms with Crippen molar-refractivity contribution < 1.29 is 0 Å². The van der Waals surface area contributed by atoms with Gasteiger partial charge in [-0.05, 0) is 32.7 Å². The molecule has 9 heavy (non-hydrogen) atoms. The summed E-state index contributed by atoms with van der Waals surface area (Å²) >= 11 is 0. The standard InChI is InChI=1S/C8H15N/c1-3-5-8(2)6-4-7-9-8/h3,9H,1,4-7H2,2H3/t8-/m0/s1. The van der Waals surface area contributed by atoms with Crippen LogP contribution >= 0.6 is 0 Å². The summed E-state index contributed by atoms with van der Waals surface area (Å²) in [5.41, 5.74) is 0.377. The summed E-state index contributed by atoms with van der Waals surface area (Å²) < 4.78 is 0. The van der Waals surface area contributed by atoms with Crippen LogP contribution in [0.2, 0.25) is 0 Å². The van der Waals surface area contributed by atoms with Gasteiger partial charge in [-0.2, -0.15) is 0 Å². The smallest absolute Gasteiger partial charge is 0.0188 e. The Balaban J connectivity index is 2.40. The summed E-state index contributed by atoms with van der Waals surface area (Å²) in [7, 11) is 0. The van der Waals surface area contributed by atoms with E-state index >= 15 is 0 Å². The van der Waals surface area contributed by atoms with Crippen LogP contribution in [0.15, 0.2) is 12.7 Å². The molecule has 1 heterocycles. The highest BCUT2D eigenvalue weighted by atomic mass is 15.0. The normalized spacial score (nSPS) is 34.8. The average molecular weight is 125 g/mol. The molecule has 1 nitrogen and oxygen atoms in total. The van der Waals surface area contributed by atoms with E-state index in [1.165, 1.54) is 19.4 Å². The highest BCUT2D eigenvalue weighted by Crippen LogP contribution is 2.21. The van der Waals surface area contributed by atoms with Crippen LogP contribution in [0.1, 0.15) is 26.2 Å². The second-order valence-corrected chi connectivity index (χ2v) is 3.08. The minimum Gasteiger partial charge on any atom is -0.311 e. The Labute approximate surface area is 57.1 Å². The first kappa shape index (κ1) is 6.81. The molecule has 1 fully saturated rings. The first-order valence-corrected chi connectivity index (χ1v) is 3.63. The third-order valence-electron chi connectivity index (χ3n) is 2.05. The maximum absolute atomic E-state index is 3.73. The first-order chi connectivity index (χ1) is 4.27. The molecule has 0 bridgehead atoms. The Bertz CT molecular complexity index is 101. The molecule has 0 amide bonds. The van der Waals surface area contributed by atoms with E-state index in [1.807, 2.05) is 6.08 Å². The Morgan fingerprint density at radius 3 is 3.00 bits per heavy atom. The zero-order valence-corrected chi connectivity index (χ0v) is 6.11. The Morgan fingerprint density at radius 2 is 2.56 bits per heavy atom. The van der Waals surface area contributed by atoms with Crippen molar-refractivity contribution in [2.45, 2.75) is 31.7 Å². The zero-order valence-electron chi connectivity index (χ0n) is 6.11. The van der Waals surface area contributed by atoms with E-state index in [2.05, 4.69) is 18.8 Å². The van der Waals surface area contributed by atoms with Crippen LogP contribution in [0.4, 0.5) is 0 Å². The molecule has 0 aromatic rings. The summed E-state index contributed by atoms with van der Waals surface area (Å²) in [5, 5.41) is 3.46. The third kappa shape index (κ3) is 1.55. The van der Waals surface area contributed by atoms with Crippen molar-refractivity contribution in [3.63, 3.8) is 0 Å². The maximum Gasteiger partial charge on any atom is 0.0188 e. The molecule has 0 unspecified atom stereocenters. The number of rotatable bonds is 2. The van der Waals surface area contributed by atoms with Crippen molar-refractivity contribution in [1.29, 1.82) is 0 Å². The van der Waals surface area contributed by atoms with Gasteiger partial charge in [0.2, 0.25) is 0 Å². The third-order valence-corrected chi connectivity index (χ3v) is 2.05. The molecule has 0 aromatic heterocycles. The van der Waals surface area contributed by atoms with E-state index in [0.717, 1.165) is 6.42 Å². The summed E-state index contributed by atoms with van der Waals surface area (Å²) in [4.78, 5) is 0. The van der Waals surface area contributed by atoms with Gasteiger partial charge >= 0.3 is 0 Å². The van der Waals surface area contributed by atoms with Gasteiger partial charge in [0.05, 0.1) is 0 Å². The van der Waals surface area contributed by atoms with Gasteiger partial charge < -0.3 is 5.32 Å². The largest absolute Gasteiger partial charge is 0.311 e. The second-order valence-electron chi connectivity index (χ2n) is 3.08. The fourth-order valence-electron chi connectivity index (χ4n) is 1.45. The Hall–Kier alpha value is -0.300. The van der Waals surface area contributed by atoms with Crippen LogP contribution in [0, 0.1) is 0 Å². The Kier molecular flexibility index (Phi) is 1.91. The van der Waals surface area contributed by atoms with E-state index in [-0.39, 0.29) is 0 Å². The van der Waals surface area contributed by atoms with Crippen LogP contribution < -0.4 is 5.32 Å². The van der Waals surface area contributed by atoms with E-state index < -0.39 is 0 Å². The molecule has 1 aliphatic heterocycles. The molecular weight excluding hydrogens is 110 g/mol. The number of nitrogens with one attached hydrogen (secondary N) is 1. The minimum atomic E-state index is 0.377. The fourth-order valence-corrected chi connectivity index (χ4v) is 1.45. The van der Waals surface area contributed by atoms with Gasteiger partial charge in [-0.25, -0.2) is 0 Å². The molecule has 0 radical (unpaired) electrons. The summed E-state index contributed by atoms with van der Waals surface area (Å²) in [6, 6.07) is 0. The minimum absolute atomic E-state index is 0.377. The van der Waals surface area contributed by atoms with Crippen LogP contribution in [-0.4, -0.2) is 12.1 Å². The van der Waals surface area contributed by atoms with Gasteiger partial charge in [-0.1, -0.05) is 6.08 Å².